The summed E-state index contributed by atoms with van der Waals surface area (Å²) in [5, 5.41) is 0. The van der Waals surface area contributed by atoms with Gasteiger partial charge in [0.25, 0.3) is 0 Å². The van der Waals surface area contributed by atoms with Gasteiger partial charge in [-0.3, -0.25) is 9.59 Å². The normalized spacial score (nSPS) is 45.7. The van der Waals surface area contributed by atoms with E-state index in [9.17, 15) is 9.59 Å². The maximum Gasteiger partial charge on any atom is 0.139 e. The fourth-order valence-electron chi connectivity index (χ4n) is 6.27. The van der Waals surface area contributed by atoms with Crippen molar-refractivity contribution in [2.24, 2.45) is 29.1 Å². The van der Waals surface area contributed by atoms with Crippen molar-refractivity contribution in [3.8, 4) is 0 Å². The van der Waals surface area contributed by atoms with Gasteiger partial charge in [0.2, 0.25) is 0 Å². The summed E-state index contributed by atoms with van der Waals surface area (Å²) >= 11 is 0. The molecule has 0 heterocycles. The van der Waals surface area contributed by atoms with E-state index in [2.05, 4.69) is 13.0 Å². The molecule has 3 fully saturated rings. The van der Waals surface area contributed by atoms with E-state index >= 15 is 0 Å². The van der Waals surface area contributed by atoms with Crippen LogP contribution in [0.25, 0.3) is 0 Å². The molecule has 0 amide bonds. The standard InChI is InChI=1S/C19H26O2/c1-2-19-11-16(20)18-13-6-4-3-5-12(13)7-8-14(18)15(19)9-10-17(19)21/h5,13-15,18H,2-4,6-11H2,1H3/t13?,14?,15?,18?,19-/m0/s1. The molecule has 0 aromatic rings. The minimum atomic E-state index is -0.270. The third-order valence-corrected chi connectivity index (χ3v) is 7.22. The smallest absolute Gasteiger partial charge is 0.139 e. The van der Waals surface area contributed by atoms with Crippen molar-refractivity contribution in [2.45, 2.75) is 64.7 Å². The van der Waals surface area contributed by atoms with E-state index in [1.807, 2.05) is 0 Å². The van der Waals surface area contributed by atoms with E-state index in [0.717, 1.165) is 25.7 Å². The molecule has 0 aliphatic heterocycles. The highest BCUT2D eigenvalue weighted by Gasteiger charge is 2.60. The molecule has 2 nitrogen and oxygen atoms in total. The van der Waals surface area contributed by atoms with Crippen LogP contribution in [0.2, 0.25) is 0 Å². The molecular weight excluding hydrogens is 260 g/mol. The van der Waals surface area contributed by atoms with Gasteiger partial charge in [-0.15, -0.1) is 0 Å². The first kappa shape index (κ1) is 13.7. The Morgan fingerprint density at radius 3 is 2.86 bits per heavy atom. The van der Waals surface area contributed by atoms with Crippen LogP contribution in [-0.2, 0) is 9.59 Å². The van der Waals surface area contributed by atoms with E-state index in [-0.39, 0.29) is 11.3 Å². The van der Waals surface area contributed by atoms with E-state index in [1.54, 1.807) is 5.57 Å². The Morgan fingerprint density at radius 2 is 2.05 bits per heavy atom. The van der Waals surface area contributed by atoms with Gasteiger partial charge in [0.05, 0.1) is 0 Å². The molecule has 3 saturated carbocycles. The predicted molar refractivity (Wildman–Crippen MR) is 81.7 cm³/mol. The van der Waals surface area contributed by atoms with Crippen molar-refractivity contribution in [2.75, 3.05) is 0 Å². The molecule has 0 spiro atoms. The summed E-state index contributed by atoms with van der Waals surface area (Å²) in [6, 6.07) is 0. The van der Waals surface area contributed by atoms with Crippen LogP contribution in [0.3, 0.4) is 0 Å². The number of carbonyl (C=O) groups is 2. The summed E-state index contributed by atoms with van der Waals surface area (Å²) in [4.78, 5) is 25.5. The highest BCUT2D eigenvalue weighted by molar-refractivity contribution is 5.95. The van der Waals surface area contributed by atoms with Crippen molar-refractivity contribution in [3.05, 3.63) is 11.6 Å². The fourth-order valence-corrected chi connectivity index (χ4v) is 6.27. The number of carbonyl (C=O) groups excluding carboxylic acids is 2. The van der Waals surface area contributed by atoms with Crippen molar-refractivity contribution in [1.82, 2.24) is 0 Å². The van der Waals surface area contributed by atoms with Crippen molar-refractivity contribution < 1.29 is 9.59 Å². The lowest BCUT2D eigenvalue weighted by molar-refractivity contribution is -0.147. The Labute approximate surface area is 127 Å². The molecular formula is C19H26O2. The van der Waals surface area contributed by atoms with Gasteiger partial charge in [0.1, 0.15) is 11.6 Å². The average Bonchev–Trinajstić information content (AvgIpc) is 2.84. The first-order valence-electron chi connectivity index (χ1n) is 8.92. The van der Waals surface area contributed by atoms with Gasteiger partial charge < -0.3 is 0 Å². The number of ketones is 2. The number of allylic oxidation sites excluding steroid dienone is 2. The molecule has 2 heteroatoms. The summed E-state index contributed by atoms with van der Waals surface area (Å²) in [5.74, 6) is 2.59. The van der Waals surface area contributed by atoms with Crippen LogP contribution >= 0.6 is 0 Å². The molecule has 4 unspecified atom stereocenters. The van der Waals surface area contributed by atoms with Crippen LogP contribution in [0, 0.1) is 29.1 Å². The highest BCUT2D eigenvalue weighted by Crippen LogP contribution is 2.60. The second-order valence-electron chi connectivity index (χ2n) is 7.77. The Morgan fingerprint density at radius 1 is 1.19 bits per heavy atom. The Balaban J connectivity index is 1.72. The maximum absolute atomic E-state index is 13.0. The minimum absolute atomic E-state index is 0.251. The van der Waals surface area contributed by atoms with Gasteiger partial charge in [-0.05, 0) is 62.7 Å². The van der Waals surface area contributed by atoms with Gasteiger partial charge >= 0.3 is 0 Å². The van der Waals surface area contributed by atoms with E-state index in [4.69, 9.17) is 0 Å². The van der Waals surface area contributed by atoms with Gasteiger partial charge in [-0.2, -0.15) is 0 Å². The van der Waals surface area contributed by atoms with Gasteiger partial charge in [0, 0.05) is 24.2 Å². The van der Waals surface area contributed by atoms with Gasteiger partial charge in [-0.25, -0.2) is 0 Å². The Bertz CT molecular complexity index is 518. The Kier molecular flexibility index (Phi) is 3.13. The molecule has 0 aromatic heterocycles. The van der Waals surface area contributed by atoms with Gasteiger partial charge in [-0.1, -0.05) is 18.6 Å². The lowest BCUT2D eigenvalue weighted by Gasteiger charge is -2.51. The minimum Gasteiger partial charge on any atom is -0.299 e. The second-order valence-corrected chi connectivity index (χ2v) is 7.77. The first-order chi connectivity index (χ1) is 10.2. The molecule has 4 aliphatic rings. The van der Waals surface area contributed by atoms with Crippen LogP contribution in [0.5, 0.6) is 0 Å². The molecule has 0 bridgehead atoms. The molecule has 0 aromatic carbocycles. The second kappa shape index (κ2) is 4.79. The van der Waals surface area contributed by atoms with Crippen LogP contribution in [-0.4, -0.2) is 11.6 Å². The Hall–Kier alpha value is -0.920. The fraction of sp³-hybridized carbons (Fsp3) is 0.789. The summed E-state index contributed by atoms with van der Waals surface area (Å²) in [6.07, 6.45) is 11.6. The number of fused-ring (bicyclic) bond motifs is 5. The molecule has 114 valence electrons. The summed E-state index contributed by atoms with van der Waals surface area (Å²) in [5.41, 5.74) is 1.30. The molecule has 0 radical (unpaired) electrons. The largest absolute Gasteiger partial charge is 0.299 e. The predicted octanol–water partition coefficient (Wildman–Crippen LogP) is 4.09. The number of hydrogen-bond donors (Lipinski definition) is 0. The van der Waals surface area contributed by atoms with Crippen molar-refractivity contribution >= 4 is 11.6 Å². The lowest BCUT2D eigenvalue weighted by Crippen LogP contribution is -2.52. The van der Waals surface area contributed by atoms with E-state index in [0.29, 0.717) is 35.7 Å². The zero-order chi connectivity index (χ0) is 14.6. The summed E-state index contributed by atoms with van der Waals surface area (Å²) in [7, 11) is 0. The first-order valence-corrected chi connectivity index (χ1v) is 8.92. The topological polar surface area (TPSA) is 34.1 Å². The van der Waals surface area contributed by atoms with E-state index < -0.39 is 0 Å². The number of rotatable bonds is 1. The molecule has 21 heavy (non-hydrogen) atoms. The lowest BCUT2D eigenvalue weighted by atomic mass is 9.51. The van der Waals surface area contributed by atoms with Crippen LogP contribution in [0.4, 0.5) is 0 Å². The maximum atomic E-state index is 13.0. The molecule has 0 N–H and O–H groups in total. The third kappa shape index (κ3) is 1.77. The van der Waals surface area contributed by atoms with Crippen molar-refractivity contribution in [1.29, 1.82) is 0 Å². The molecule has 5 atom stereocenters. The number of hydrogen-bond acceptors (Lipinski definition) is 2. The highest BCUT2D eigenvalue weighted by atomic mass is 16.1. The average molecular weight is 286 g/mol. The van der Waals surface area contributed by atoms with Crippen LogP contribution in [0.1, 0.15) is 64.7 Å². The molecule has 0 saturated heterocycles. The zero-order valence-corrected chi connectivity index (χ0v) is 13.1. The van der Waals surface area contributed by atoms with E-state index in [1.165, 1.54) is 25.7 Å². The molecule has 4 aliphatic carbocycles. The van der Waals surface area contributed by atoms with Crippen LogP contribution < -0.4 is 0 Å². The summed E-state index contributed by atoms with van der Waals surface area (Å²) < 4.78 is 0. The zero-order valence-electron chi connectivity index (χ0n) is 13.1. The SMILES string of the molecule is CC[C@]12CC(=O)C3C4CCCC=C4CCC3C1CCC2=O. The third-order valence-electron chi connectivity index (χ3n) is 7.22. The van der Waals surface area contributed by atoms with Crippen LogP contribution in [0.15, 0.2) is 11.6 Å². The summed E-state index contributed by atoms with van der Waals surface area (Å²) in [6.45, 7) is 2.12. The molecule has 4 rings (SSSR count). The quantitative estimate of drug-likeness (QED) is 0.680. The van der Waals surface area contributed by atoms with Gasteiger partial charge in [0.15, 0.2) is 0 Å². The number of Topliss-reactive ketones (excluding diaryl/α,β-unsaturated/α-hetero) is 2. The van der Waals surface area contributed by atoms with Crippen molar-refractivity contribution in [3.63, 3.8) is 0 Å². The monoisotopic (exact) mass is 286 g/mol.